The molecule has 0 radical (unpaired) electrons. The first-order chi connectivity index (χ1) is 11.0. The molecule has 0 amide bonds. The van der Waals surface area contributed by atoms with Crippen LogP contribution in [0.3, 0.4) is 0 Å². The second-order valence-electron chi connectivity index (χ2n) is 4.99. The second kappa shape index (κ2) is 12.9. The van der Waals surface area contributed by atoms with Crippen LogP contribution < -0.4 is 15.4 Å². The third kappa shape index (κ3) is 9.80. The molecule has 0 fully saturated rings. The van der Waals surface area contributed by atoms with E-state index < -0.39 is 10.0 Å². The van der Waals surface area contributed by atoms with Gasteiger partial charge in [-0.2, -0.15) is 0 Å². The van der Waals surface area contributed by atoms with Crippen LogP contribution in [0.25, 0.3) is 0 Å². The summed E-state index contributed by atoms with van der Waals surface area (Å²) >= 11 is 1.79. The number of guanidine groups is 1. The van der Waals surface area contributed by atoms with Gasteiger partial charge in [-0.15, -0.1) is 35.3 Å². The first-order valence-electron chi connectivity index (χ1n) is 8.07. The van der Waals surface area contributed by atoms with Crippen molar-refractivity contribution < 1.29 is 8.42 Å². The van der Waals surface area contributed by atoms with Crippen LogP contribution in [-0.4, -0.2) is 39.8 Å². The smallest absolute Gasteiger partial charge is 0.211 e. The van der Waals surface area contributed by atoms with Crippen LogP contribution in [0.1, 0.15) is 36.9 Å². The SMILES string of the molecule is CCNC(=NCc1ccc(CC)s1)NCCCNS(=O)(=O)CC.I. The Hall–Kier alpha value is -0.390. The van der Waals surface area contributed by atoms with E-state index in [1.807, 2.05) is 6.92 Å². The van der Waals surface area contributed by atoms with Crippen LogP contribution in [0, 0.1) is 0 Å². The lowest BCUT2D eigenvalue weighted by Crippen LogP contribution is -2.38. The predicted octanol–water partition coefficient (Wildman–Crippen LogP) is 2.31. The summed E-state index contributed by atoms with van der Waals surface area (Å²) < 4.78 is 25.2. The van der Waals surface area contributed by atoms with Crippen LogP contribution in [0.2, 0.25) is 0 Å². The highest BCUT2D eigenvalue weighted by Gasteiger charge is 2.05. The number of hydrogen-bond acceptors (Lipinski definition) is 4. The molecule has 0 unspecified atom stereocenters. The monoisotopic (exact) mass is 488 g/mol. The molecule has 0 spiro atoms. The molecule has 1 aromatic rings. The zero-order valence-electron chi connectivity index (χ0n) is 14.6. The second-order valence-corrected chi connectivity index (χ2v) is 8.34. The molecule has 6 nitrogen and oxygen atoms in total. The van der Waals surface area contributed by atoms with Gasteiger partial charge in [0.05, 0.1) is 12.3 Å². The van der Waals surface area contributed by atoms with Crippen LogP contribution in [-0.2, 0) is 23.0 Å². The van der Waals surface area contributed by atoms with Crippen molar-refractivity contribution in [2.24, 2.45) is 4.99 Å². The largest absolute Gasteiger partial charge is 0.357 e. The zero-order valence-corrected chi connectivity index (χ0v) is 18.6. The predicted molar refractivity (Wildman–Crippen MR) is 114 cm³/mol. The third-order valence-electron chi connectivity index (χ3n) is 3.15. The van der Waals surface area contributed by atoms with Gasteiger partial charge < -0.3 is 10.6 Å². The van der Waals surface area contributed by atoms with Crippen LogP contribution >= 0.6 is 35.3 Å². The maximum Gasteiger partial charge on any atom is 0.211 e. The molecule has 0 atom stereocenters. The van der Waals surface area contributed by atoms with E-state index in [9.17, 15) is 8.42 Å². The number of nitrogens with one attached hydrogen (secondary N) is 3. The quantitative estimate of drug-likeness (QED) is 0.204. The third-order valence-corrected chi connectivity index (χ3v) is 5.77. The van der Waals surface area contributed by atoms with E-state index in [0.29, 0.717) is 26.1 Å². The van der Waals surface area contributed by atoms with E-state index in [1.54, 1.807) is 18.3 Å². The Morgan fingerprint density at radius 1 is 1.12 bits per heavy atom. The van der Waals surface area contributed by atoms with E-state index in [1.165, 1.54) is 9.75 Å². The minimum Gasteiger partial charge on any atom is -0.357 e. The van der Waals surface area contributed by atoms with Gasteiger partial charge in [0.15, 0.2) is 5.96 Å². The highest BCUT2D eigenvalue weighted by Crippen LogP contribution is 2.17. The van der Waals surface area contributed by atoms with Gasteiger partial charge in [-0.3, -0.25) is 0 Å². The molecule has 1 heterocycles. The number of aryl methyl sites for hydroxylation is 1. The summed E-state index contributed by atoms with van der Waals surface area (Å²) in [7, 11) is -3.10. The van der Waals surface area contributed by atoms with E-state index in [0.717, 1.165) is 18.9 Å². The molecule has 9 heteroatoms. The Bertz CT molecular complexity index is 588. The molecular weight excluding hydrogens is 459 g/mol. The van der Waals surface area contributed by atoms with Gasteiger partial charge in [0.25, 0.3) is 0 Å². The number of hydrogen-bond donors (Lipinski definition) is 3. The van der Waals surface area contributed by atoms with Gasteiger partial charge in [0, 0.05) is 29.4 Å². The maximum absolute atomic E-state index is 11.3. The molecule has 0 aliphatic carbocycles. The van der Waals surface area contributed by atoms with Crippen molar-refractivity contribution in [3.8, 4) is 0 Å². The van der Waals surface area contributed by atoms with Crippen LogP contribution in [0.4, 0.5) is 0 Å². The summed E-state index contributed by atoms with van der Waals surface area (Å²) in [6.07, 6.45) is 1.77. The molecule has 0 aliphatic rings. The first kappa shape index (κ1) is 23.6. The number of sulfonamides is 1. The summed E-state index contributed by atoms with van der Waals surface area (Å²) in [4.78, 5) is 7.18. The van der Waals surface area contributed by atoms with E-state index in [2.05, 4.69) is 39.4 Å². The van der Waals surface area contributed by atoms with Gasteiger partial charge in [-0.25, -0.2) is 18.1 Å². The van der Waals surface area contributed by atoms with Crippen molar-refractivity contribution in [3.05, 3.63) is 21.9 Å². The molecule has 140 valence electrons. The summed E-state index contributed by atoms with van der Waals surface area (Å²) in [5.74, 6) is 0.878. The number of aliphatic imine (C=N–C) groups is 1. The average Bonchev–Trinajstić information content (AvgIpc) is 3.00. The maximum atomic E-state index is 11.3. The summed E-state index contributed by atoms with van der Waals surface area (Å²) in [5.41, 5.74) is 0. The lowest BCUT2D eigenvalue weighted by atomic mass is 10.4. The topological polar surface area (TPSA) is 82.6 Å². The Morgan fingerprint density at radius 3 is 2.42 bits per heavy atom. The highest BCUT2D eigenvalue weighted by atomic mass is 127. The molecule has 1 aromatic heterocycles. The van der Waals surface area contributed by atoms with Gasteiger partial charge in [-0.05, 0) is 38.8 Å². The molecule has 1 rings (SSSR count). The molecule has 3 N–H and O–H groups in total. The minimum absolute atomic E-state index is 0. The summed E-state index contributed by atoms with van der Waals surface area (Å²) in [6, 6.07) is 4.27. The minimum atomic E-state index is -3.10. The molecule has 0 aromatic carbocycles. The average molecular weight is 488 g/mol. The van der Waals surface area contributed by atoms with Crippen molar-refractivity contribution in [3.63, 3.8) is 0 Å². The van der Waals surface area contributed by atoms with Crippen LogP contribution in [0.5, 0.6) is 0 Å². The molecule has 0 saturated carbocycles. The van der Waals surface area contributed by atoms with Gasteiger partial charge >= 0.3 is 0 Å². The van der Waals surface area contributed by atoms with Crippen molar-refractivity contribution in [2.45, 2.75) is 40.2 Å². The number of halogens is 1. The Morgan fingerprint density at radius 2 is 1.83 bits per heavy atom. The molecule has 0 saturated heterocycles. The van der Waals surface area contributed by atoms with Crippen molar-refractivity contribution in [2.75, 3.05) is 25.4 Å². The molecule has 0 bridgehead atoms. The van der Waals surface area contributed by atoms with Crippen LogP contribution in [0.15, 0.2) is 17.1 Å². The van der Waals surface area contributed by atoms with Gasteiger partial charge in [-0.1, -0.05) is 6.92 Å². The fourth-order valence-corrected chi connectivity index (χ4v) is 3.36. The standard InChI is InChI=1S/C15H28N4O2S2.HI/c1-4-13-8-9-14(22-13)12-18-15(16-5-2)17-10-7-11-19-23(20,21)6-3;/h8-9,19H,4-7,10-12H2,1-3H3,(H2,16,17,18);1H. The fourth-order valence-electron chi connectivity index (χ4n) is 1.82. The molecular formula is C15H29IN4O2S2. The van der Waals surface area contributed by atoms with E-state index >= 15 is 0 Å². The Labute approximate surface area is 167 Å². The zero-order chi connectivity index (χ0) is 17.1. The van der Waals surface area contributed by atoms with Gasteiger partial charge in [0.2, 0.25) is 10.0 Å². The lowest BCUT2D eigenvalue weighted by Gasteiger charge is -2.11. The van der Waals surface area contributed by atoms with Crippen molar-refractivity contribution in [1.82, 2.24) is 15.4 Å². The number of nitrogens with zero attached hydrogens (tertiary/aromatic N) is 1. The molecule has 0 aliphatic heterocycles. The number of rotatable bonds is 10. The Kier molecular flexibility index (Phi) is 12.7. The molecule has 24 heavy (non-hydrogen) atoms. The highest BCUT2D eigenvalue weighted by molar-refractivity contribution is 14.0. The summed E-state index contributed by atoms with van der Waals surface area (Å²) in [6.45, 7) is 8.35. The van der Waals surface area contributed by atoms with Crippen molar-refractivity contribution in [1.29, 1.82) is 0 Å². The van der Waals surface area contributed by atoms with E-state index in [-0.39, 0.29) is 29.7 Å². The number of thiophene rings is 1. The fraction of sp³-hybridized carbons (Fsp3) is 0.667. The van der Waals surface area contributed by atoms with Crippen molar-refractivity contribution >= 4 is 51.3 Å². The Balaban J connectivity index is 0.00000529. The van der Waals surface area contributed by atoms with Gasteiger partial charge in [0.1, 0.15) is 0 Å². The lowest BCUT2D eigenvalue weighted by molar-refractivity contribution is 0.579. The first-order valence-corrected chi connectivity index (χ1v) is 10.5. The normalized spacial score (nSPS) is 11.9. The van der Waals surface area contributed by atoms with E-state index in [4.69, 9.17) is 0 Å². The summed E-state index contributed by atoms with van der Waals surface area (Å²) in [5, 5.41) is 6.42.